The fourth-order valence-electron chi connectivity index (χ4n) is 0.898. The predicted octanol–water partition coefficient (Wildman–Crippen LogP) is 1.26. The number of ether oxygens (including phenoxy) is 1. The second kappa shape index (κ2) is 3.85. The van der Waals surface area contributed by atoms with E-state index in [0.29, 0.717) is 5.69 Å². The smallest absolute Gasteiger partial charge is 0.357 e. The first-order valence-electron chi connectivity index (χ1n) is 3.87. The van der Waals surface area contributed by atoms with Gasteiger partial charge in [-0.2, -0.15) is 0 Å². The van der Waals surface area contributed by atoms with E-state index < -0.39 is 5.97 Å². The molecule has 0 aliphatic rings. The van der Waals surface area contributed by atoms with Gasteiger partial charge >= 0.3 is 5.97 Å². The van der Waals surface area contributed by atoms with Crippen LogP contribution in [0.1, 0.15) is 33.3 Å². The van der Waals surface area contributed by atoms with Gasteiger partial charge in [-0.25, -0.2) is 9.78 Å². The van der Waals surface area contributed by atoms with E-state index in [-0.39, 0.29) is 6.04 Å². The van der Waals surface area contributed by atoms with Crippen LogP contribution < -0.4 is 5.73 Å². The third-order valence-corrected chi connectivity index (χ3v) is 2.75. The Morgan fingerprint density at radius 3 is 2.69 bits per heavy atom. The summed E-state index contributed by atoms with van der Waals surface area (Å²) < 4.78 is 4.57. The van der Waals surface area contributed by atoms with Crippen LogP contribution in [0.4, 0.5) is 0 Å². The normalized spacial score (nSPS) is 12.6. The molecule has 2 N–H and O–H groups in total. The van der Waals surface area contributed by atoms with Crippen LogP contribution in [-0.2, 0) is 4.74 Å². The second-order valence-electron chi connectivity index (χ2n) is 2.74. The number of aryl methyl sites for hydroxylation is 1. The molecule has 72 valence electrons. The maximum atomic E-state index is 11.2. The number of hydrogen-bond acceptors (Lipinski definition) is 5. The molecule has 0 saturated heterocycles. The second-order valence-corrected chi connectivity index (χ2v) is 3.97. The molecular formula is C8H12N2O2S. The zero-order valence-corrected chi connectivity index (χ0v) is 8.64. The number of methoxy groups -OCH3 is 1. The van der Waals surface area contributed by atoms with Crippen molar-refractivity contribution in [1.82, 2.24) is 4.98 Å². The Balaban J connectivity index is 3.03. The van der Waals surface area contributed by atoms with Crippen molar-refractivity contribution in [2.75, 3.05) is 7.11 Å². The highest BCUT2D eigenvalue weighted by Gasteiger charge is 2.16. The Bertz CT molecular complexity index is 320. The molecule has 1 atom stereocenters. The van der Waals surface area contributed by atoms with Gasteiger partial charge in [0.15, 0.2) is 5.69 Å². The number of carbonyl (C=O) groups excluding carboxylic acids is 1. The van der Waals surface area contributed by atoms with Crippen LogP contribution in [0, 0.1) is 6.92 Å². The van der Waals surface area contributed by atoms with Gasteiger partial charge in [-0.1, -0.05) is 0 Å². The van der Waals surface area contributed by atoms with Gasteiger partial charge in [-0.3, -0.25) is 0 Å². The summed E-state index contributed by atoms with van der Waals surface area (Å²) in [4.78, 5) is 16.1. The summed E-state index contributed by atoms with van der Waals surface area (Å²) in [5.74, 6) is -0.402. The fraction of sp³-hybridized carbons (Fsp3) is 0.500. The molecule has 4 nitrogen and oxygen atoms in total. The third-order valence-electron chi connectivity index (χ3n) is 1.58. The van der Waals surface area contributed by atoms with E-state index in [1.807, 2.05) is 13.8 Å². The highest BCUT2D eigenvalue weighted by atomic mass is 32.1. The van der Waals surface area contributed by atoms with E-state index in [0.717, 1.165) is 9.88 Å². The van der Waals surface area contributed by atoms with E-state index in [4.69, 9.17) is 5.73 Å². The van der Waals surface area contributed by atoms with E-state index >= 15 is 0 Å². The van der Waals surface area contributed by atoms with Gasteiger partial charge in [-0.15, -0.1) is 11.3 Å². The lowest BCUT2D eigenvalue weighted by Gasteiger charge is -1.96. The van der Waals surface area contributed by atoms with Crippen molar-refractivity contribution in [3.63, 3.8) is 0 Å². The van der Waals surface area contributed by atoms with Gasteiger partial charge < -0.3 is 10.5 Å². The van der Waals surface area contributed by atoms with E-state index in [1.54, 1.807) is 0 Å². The summed E-state index contributed by atoms with van der Waals surface area (Å²) in [6.07, 6.45) is 0. The minimum atomic E-state index is -0.402. The number of esters is 1. The van der Waals surface area contributed by atoms with E-state index in [1.165, 1.54) is 18.4 Å². The van der Waals surface area contributed by atoms with E-state index in [2.05, 4.69) is 9.72 Å². The zero-order chi connectivity index (χ0) is 10.0. The Labute approximate surface area is 80.7 Å². The molecule has 13 heavy (non-hydrogen) atoms. The molecular weight excluding hydrogens is 188 g/mol. The Morgan fingerprint density at radius 1 is 1.69 bits per heavy atom. The third kappa shape index (κ3) is 2.05. The zero-order valence-electron chi connectivity index (χ0n) is 7.83. The van der Waals surface area contributed by atoms with Crippen LogP contribution in [0.15, 0.2) is 0 Å². The minimum Gasteiger partial charge on any atom is -0.464 e. The van der Waals surface area contributed by atoms with Gasteiger partial charge in [0.25, 0.3) is 0 Å². The quantitative estimate of drug-likeness (QED) is 0.730. The van der Waals surface area contributed by atoms with Crippen LogP contribution in [0.2, 0.25) is 0 Å². The van der Waals surface area contributed by atoms with Crippen molar-refractivity contribution >= 4 is 17.3 Å². The van der Waals surface area contributed by atoms with Crippen LogP contribution in [0.25, 0.3) is 0 Å². The Morgan fingerprint density at radius 2 is 2.31 bits per heavy atom. The first-order valence-corrected chi connectivity index (χ1v) is 4.69. The van der Waals surface area contributed by atoms with Crippen LogP contribution in [-0.4, -0.2) is 18.1 Å². The molecule has 0 aliphatic heterocycles. The van der Waals surface area contributed by atoms with Crippen molar-refractivity contribution in [2.24, 2.45) is 5.73 Å². The average molecular weight is 200 g/mol. The summed E-state index contributed by atoms with van der Waals surface area (Å²) in [5.41, 5.74) is 6.01. The number of carbonyl (C=O) groups is 1. The maximum Gasteiger partial charge on any atom is 0.357 e. The lowest BCUT2D eigenvalue weighted by Crippen LogP contribution is -2.07. The number of hydrogen-bond donors (Lipinski definition) is 1. The fourth-order valence-corrected chi connectivity index (χ4v) is 1.76. The lowest BCUT2D eigenvalue weighted by atomic mass is 10.3. The number of rotatable bonds is 2. The summed E-state index contributed by atoms with van der Waals surface area (Å²) in [7, 11) is 1.34. The van der Waals surface area contributed by atoms with E-state index in [9.17, 15) is 4.79 Å². The number of aromatic nitrogens is 1. The van der Waals surface area contributed by atoms with Crippen molar-refractivity contribution in [2.45, 2.75) is 19.9 Å². The maximum absolute atomic E-state index is 11.2. The van der Waals surface area contributed by atoms with Gasteiger partial charge in [0.1, 0.15) is 5.01 Å². The summed E-state index contributed by atoms with van der Waals surface area (Å²) in [6.45, 7) is 3.66. The van der Waals surface area contributed by atoms with Crippen LogP contribution >= 0.6 is 11.3 Å². The summed E-state index contributed by atoms with van der Waals surface area (Å²) in [5, 5.41) is 0.762. The lowest BCUT2D eigenvalue weighted by molar-refractivity contribution is 0.0594. The highest BCUT2D eigenvalue weighted by molar-refractivity contribution is 7.11. The number of nitrogens with two attached hydrogens (primary N) is 1. The standard InChI is InChI=1S/C8H12N2O2S/c1-4(9)7-10-6(5(2)13-7)8(11)12-3/h4H,9H2,1-3H3. The number of thiazole rings is 1. The molecule has 0 aromatic carbocycles. The van der Waals surface area contributed by atoms with Crippen molar-refractivity contribution in [3.8, 4) is 0 Å². The SMILES string of the molecule is COC(=O)c1nc(C(C)N)sc1C. The largest absolute Gasteiger partial charge is 0.464 e. The number of nitrogens with zero attached hydrogens (tertiary/aromatic N) is 1. The molecule has 0 spiro atoms. The van der Waals surface area contributed by atoms with Gasteiger partial charge in [0.05, 0.1) is 13.2 Å². The molecule has 0 saturated carbocycles. The molecule has 0 radical (unpaired) electrons. The topological polar surface area (TPSA) is 65.2 Å². The predicted molar refractivity (Wildman–Crippen MR) is 50.8 cm³/mol. The molecule has 5 heteroatoms. The first-order chi connectivity index (χ1) is 6.06. The van der Waals surface area contributed by atoms with Crippen molar-refractivity contribution < 1.29 is 9.53 Å². The first kappa shape index (κ1) is 10.1. The van der Waals surface area contributed by atoms with Crippen LogP contribution in [0.3, 0.4) is 0 Å². The summed E-state index contributed by atoms with van der Waals surface area (Å²) in [6, 6.07) is -0.137. The molecule has 1 unspecified atom stereocenters. The summed E-state index contributed by atoms with van der Waals surface area (Å²) >= 11 is 1.43. The van der Waals surface area contributed by atoms with Crippen molar-refractivity contribution in [3.05, 3.63) is 15.6 Å². The van der Waals surface area contributed by atoms with Gasteiger partial charge in [-0.05, 0) is 13.8 Å². The van der Waals surface area contributed by atoms with Gasteiger partial charge in [0.2, 0.25) is 0 Å². The molecule has 0 amide bonds. The van der Waals surface area contributed by atoms with Crippen molar-refractivity contribution in [1.29, 1.82) is 0 Å². The average Bonchev–Trinajstić information content (AvgIpc) is 2.46. The Hall–Kier alpha value is -0.940. The van der Waals surface area contributed by atoms with Crippen LogP contribution in [0.5, 0.6) is 0 Å². The molecule has 1 aromatic rings. The molecule has 1 heterocycles. The molecule has 0 bridgehead atoms. The van der Waals surface area contributed by atoms with Gasteiger partial charge in [0, 0.05) is 4.88 Å². The molecule has 1 aromatic heterocycles. The molecule has 1 rings (SSSR count). The highest BCUT2D eigenvalue weighted by Crippen LogP contribution is 2.21. The Kier molecular flexibility index (Phi) is 3.00. The molecule has 0 aliphatic carbocycles. The molecule has 0 fully saturated rings. The minimum absolute atomic E-state index is 0.137. The monoisotopic (exact) mass is 200 g/mol.